The molecule has 0 saturated carbocycles. The second-order valence-electron chi connectivity index (χ2n) is 3.57. The van der Waals surface area contributed by atoms with Crippen LogP contribution in [0.2, 0.25) is 0 Å². The lowest BCUT2D eigenvalue weighted by Gasteiger charge is -2.18. The van der Waals surface area contributed by atoms with E-state index in [0.29, 0.717) is 0 Å². The molecule has 0 radical (unpaired) electrons. The van der Waals surface area contributed by atoms with Crippen LogP contribution in [0.15, 0.2) is 30.5 Å². The van der Waals surface area contributed by atoms with Crippen molar-refractivity contribution in [1.82, 2.24) is 4.98 Å². The van der Waals surface area contributed by atoms with Gasteiger partial charge in [-0.15, -0.1) is 0 Å². The van der Waals surface area contributed by atoms with E-state index in [4.69, 9.17) is 4.74 Å². The van der Waals surface area contributed by atoms with Crippen LogP contribution in [0.25, 0.3) is 10.9 Å². The van der Waals surface area contributed by atoms with Crippen molar-refractivity contribution in [3.63, 3.8) is 0 Å². The van der Waals surface area contributed by atoms with Crippen LogP contribution in [0.1, 0.15) is 12.0 Å². The number of benzene rings is 1. The Morgan fingerprint density at radius 1 is 1.21 bits per heavy atom. The molecule has 3 rings (SSSR count). The van der Waals surface area contributed by atoms with Crippen LogP contribution >= 0.6 is 0 Å². The minimum Gasteiger partial charge on any atom is -0.493 e. The third kappa shape index (κ3) is 1.07. The molecule has 1 aliphatic rings. The van der Waals surface area contributed by atoms with Gasteiger partial charge in [0.2, 0.25) is 0 Å². The summed E-state index contributed by atoms with van der Waals surface area (Å²) >= 11 is 0. The number of hydrogen-bond donors (Lipinski definition) is 0. The molecule has 0 saturated heterocycles. The van der Waals surface area contributed by atoms with Gasteiger partial charge in [-0.05, 0) is 31.0 Å². The van der Waals surface area contributed by atoms with Gasteiger partial charge < -0.3 is 4.74 Å². The van der Waals surface area contributed by atoms with E-state index in [1.807, 2.05) is 12.3 Å². The van der Waals surface area contributed by atoms with E-state index < -0.39 is 0 Å². The SMILES string of the molecule is c1cnc2c3c(ccc2c1)OCCC3. The predicted molar refractivity (Wildman–Crippen MR) is 55.6 cm³/mol. The smallest absolute Gasteiger partial charge is 0.124 e. The first-order chi connectivity index (χ1) is 6.95. The normalized spacial score (nSPS) is 14.9. The Bertz CT molecular complexity index is 479. The number of rotatable bonds is 0. The highest BCUT2D eigenvalue weighted by molar-refractivity contribution is 5.84. The molecule has 0 fully saturated rings. The van der Waals surface area contributed by atoms with E-state index in [9.17, 15) is 0 Å². The Morgan fingerprint density at radius 3 is 3.21 bits per heavy atom. The Balaban J connectivity index is 2.34. The highest BCUT2D eigenvalue weighted by atomic mass is 16.5. The number of aryl methyl sites for hydroxylation is 1. The molecular weight excluding hydrogens is 174 g/mol. The highest BCUT2D eigenvalue weighted by Crippen LogP contribution is 2.30. The first-order valence-electron chi connectivity index (χ1n) is 4.94. The maximum Gasteiger partial charge on any atom is 0.124 e. The van der Waals surface area contributed by atoms with E-state index >= 15 is 0 Å². The molecule has 0 unspecified atom stereocenters. The van der Waals surface area contributed by atoms with Crippen molar-refractivity contribution < 1.29 is 4.74 Å². The summed E-state index contributed by atoms with van der Waals surface area (Å²) in [5.41, 5.74) is 2.37. The lowest BCUT2D eigenvalue weighted by Crippen LogP contribution is -2.08. The summed E-state index contributed by atoms with van der Waals surface area (Å²) in [6.07, 6.45) is 4.03. The summed E-state index contributed by atoms with van der Waals surface area (Å²) in [6.45, 7) is 0.839. The summed E-state index contributed by atoms with van der Waals surface area (Å²) in [7, 11) is 0. The van der Waals surface area contributed by atoms with Crippen molar-refractivity contribution >= 4 is 10.9 Å². The van der Waals surface area contributed by atoms with Crippen LogP contribution in [0.5, 0.6) is 5.75 Å². The van der Waals surface area contributed by atoms with Crippen LogP contribution in [0, 0.1) is 0 Å². The van der Waals surface area contributed by atoms with Crippen molar-refractivity contribution in [1.29, 1.82) is 0 Å². The van der Waals surface area contributed by atoms with E-state index in [-0.39, 0.29) is 0 Å². The van der Waals surface area contributed by atoms with Gasteiger partial charge in [0, 0.05) is 17.1 Å². The van der Waals surface area contributed by atoms with Crippen LogP contribution < -0.4 is 4.74 Å². The van der Waals surface area contributed by atoms with Crippen molar-refractivity contribution in [3.8, 4) is 5.75 Å². The van der Waals surface area contributed by atoms with Crippen LogP contribution in [-0.4, -0.2) is 11.6 Å². The Kier molecular flexibility index (Phi) is 1.66. The molecule has 0 amide bonds. The van der Waals surface area contributed by atoms with E-state index in [1.54, 1.807) is 0 Å². The van der Waals surface area contributed by atoms with Gasteiger partial charge in [0.25, 0.3) is 0 Å². The number of nitrogens with zero attached hydrogens (tertiary/aromatic N) is 1. The molecule has 0 atom stereocenters. The van der Waals surface area contributed by atoms with E-state index in [0.717, 1.165) is 30.7 Å². The maximum atomic E-state index is 5.59. The maximum absolute atomic E-state index is 5.59. The monoisotopic (exact) mass is 185 g/mol. The fraction of sp³-hybridized carbons (Fsp3) is 0.250. The Morgan fingerprint density at radius 2 is 2.21 bits per heavy atom. The number of aromatic nitrogens is 1. The molecular formula is C12H11NO. The Hall–Kier alpha value is -1.57. The molecule has 0 aliphatic carbocycles. The van der Waals surface area contributed by atoms with E-state index in [2.05, 4.69) is 23.2 Å². The second kappa shape index (κ2) is 2.98. The summed E-state index contributed by atoms with van der Waals surface area (Å²) in [5.74, 6) is 1.02. The quantitative estimate of drug-likeness (QED) is 0.629. The standard InChI is InChI=1S/C12H11NO/c1-3-9-5-6-11-10(4-2-8-14-11)12(9)13-7-1/h1,3,5-7H,2,4,8H2. The van der Waals surface area contributed by atoms with Crippen LogP contribution in [-0.2, 0) is 6.42 Å². The van der Waals surface area contributed by atoms with Gasteiger partial charge in [0.05, 0.1) is 12.1 Å². The largest absolute Gasteiger partial charge is 0.493 e. The molecule has 70 valence electrons. The first kappa shape index (κ1) is 7.80. The molecule has 2 aromatic rings. The molecule has 2 heterocycles. The van der Waals surface area contributed by atoms with Gasteiger partial charge in [-0.1, -0.05) is 6.07 Å². The van der Waals surface area contributed by atoms with Gasteiger partial charge in [0.15, 0.2) is 0 Å². The third-order valence-corrected chi connectivity index (χ3v) is 2.67. The van der Waals surface area contributed by atoms with Crippen LogP contribution in [0.4, 0.5) is 0 Å². The molecule has 0 N–H and O–H groups in total. The fourth-order valence-electron chi connectivity index (χ4n) is 2.00. The molecule has 0 spiro atoms. The van der Waals surface area contributed by atoms with Gasteiger partial charge >= 0.3 is 0 Å². The number of hydrogen-bond acceptors (Lipinski definition) is 2. The van der Waals surface area contributed by atoms with Gasteiger partial charge in [-0.25, -0.2) is 0 Å². The number of fused-ring (bicyclic) bond motifs is 3. The minimum atomic E-state index is 0.839. The molecule has 1 aromatic carbocycles. The fourth-order valence-corrected chi connectivity index (χ4v) is 2.00. The highest BCUT2D eigenvalue weighted by Gasteiger charge is 2.13. The second-order valence-corrected chi connectivity index (χ2v) is 3.57. The molecule has 1 aromatic heterocycles. The lowest BCUT2D eigenvalue weighted by molar-refractivity contribution is 0.289. The molecule has 14 heavy (non-hydrogen) atoms. The molecule has 2 nitrogen and oxygen atoms in total. The topological polar surface area (TPSA) is 22.1 Å². The zero-order chi connectivity index (χ0) is 9.38. The van der Waals surface area contributed by atoms with Gasteiger partial charge in [0.1, 0.15) is 5.75 Å². The third-order valence-electron chi connectivity index (χ3n) is 2.67. The Labute approximate surface area is 82.5 Å². The van der Waals surface area contributed by atoms with Gasteiger partial charge in [-0.2, -0.15) is 0 Å². The zero-order valence-corrected chi connectivity index (χ0v) is 7.86. The number of ether oxygens (including phenoxy) is 1. The summed E-state index contributed by atoms with van der Waals surface area (Å²) in [5, 5.41) is 1.21. The molecule has 0 bridgehead atoms. The first-order valence-corrected chi connectivity index (χ1v) is 4.94. The van der Waals surface area contributed by atoms with Gasteiger partial charge in [-0.3, -0.25) is 4.98 Å². The molecule has 2 heteroatoms. The number of pyridine rings is 1. The van der Waals surface area contributed by atoms with Crippen molar-refractivity contribution in [2.45, 2.75) is 12.8 Å². The van der Waals surface area contributed by atoms with Crippen molar-refractivity contribution in [3.05, 3.63) is 36.0 Å². The lowest BCUT2D eigenvalue weighted by atomic mass is 10.0. The van der Waals surface area contributed by atoms with E-state index in [1.165, 1.54) is 10.9 Å². The van der Waals surface area contributed by atoms with Crippen molar-refractivity contribution in [2.24, 2.45) is 0 Å². The zero-order valence-electron chi connectivity index (χ0n) is 7.86. The van der Waals surface area contributed by atoms with Crippen LogP contribution in [0.3, 0.4) is 0 Å². The minimum absolute atomic E-state index is 0.839. The average Bonchev–Trinajstić information content (AvgIpc) is 2.29. The summed E-state index contributed by atoms with van der Waals surface area (Å²) < 4.78 is 5.59. The summed E-state index contributed by atoms with van der Waals surface area (Å²) in [4.78, 5) is 4.41. The summed E-state index contributed by atoms with van der Waals surface area (Å²) in [6, 6.07) is 8.20. The predicted octanol–water partition coefficient (Wildman–Crippen LogP) is 2.56. The average molecular weight is 185 g/mol. The molecule has 1 aliphatic heterocycles. The van der Waals surface area contributed by atoms with Crippen molar-refractivity contribution in [2.75, 3.05) is 6.61 Å².